The quantitative estimate of drug-likeness (QED) is 0.543. The minimum atomic E-state index is -4.17. The van der Waals surface area contributed by atoms with E-state index in [1.807, 2.05) is 0 Å². The summed E-state index contributed by atoms with van der Waals surface area (Å²) < 4.78 is 33.3. The van der Waals surface area contributed by atoms with Crippen molar-refractivity contribution in [2.24, 2.45) is 0 Å². The van der Waals surface area contributed by atoms with Crippen LogP contribution in [-0.2, 0) is 0 Å². The summed E-state index contributed by atoms with van der Waals surface area (Å²) in [4.78, 5) is 0. The zero-order valence-corrected chi connectivity index (χ0v) is 4.00. The largest absolute Gasteiger partial charge is 0.390 e. The third-order valence-electron chi connectivity index (χ3n) is 0.520. The molecule has 0 aliphatic carbocycles. The molecule has 0 bridgehead atoms. The second-order valence-corrected chi connectivity index (χ2v) is 1.27. The third-order valence-corrected chi connectivity index (χ3v) is 0.520. The lowest BCUT2D eigenvalue weighted by molar-refractivity contribution is -0.136. The summed E-state index contributed by atoms with van der Waals surface area (Å²) in [5, 5.41) is 7.68. The summed E-state index contributed by atoms with van der Waals surface area (Å²) in [6.07, 6.45) is -5.17. The van der Waals surface area contributed by atoms with Crippen LogP contribution in [0.15, 0.2) is 0 Å². The Morgan fingerprint density at radius 3 is 2.00 bits per heavy atom. The number of hydroxylamine groups is 1. The normalized spacial score (nSPS) is 12.0. The Morgan fingerprint density at radius 2 is 1.88 bits per heavy atom. The Labute approximate surface area is 44.3 Å². The molecule has 0 aromatic carbocycles. The van der Waals surface area contributed by atoms with Crippen LogP contribution in [0.4, 0.5) is 13.2 Å². The Bertz CT molecular complexity index is 62.0. The van der Waals surface area contributed by atoms with E-state index in [0.717, 1.165) is 0 Å². The van der Waals surface area contributed by atoms with Crippen LogP contribution in [0.3, 0.4) is 0 Å². The van der Waals surface area contributed by atoms with Crippen molar-refractivity contribution in [2.45, 2.75) is 12.6 Å². The molecule has 0 spiro atoms. The molecular formula is C3H6F3NO. The van der Waals surface area contributed by atoms with Crippen LogP contribution in [-0.4, -0.2) is 17.9 Å². The maximum atomic E-state index is 11.1. The van der Waals surface area contributed by atoms with Crippen LogP contribution in [0, 0.1) is 0 Å². The highest BCUT2D eigenvalue weighted by atomic mass is 19.4. The van der Waals surface area contributed by atoms with Gasteiger partial charge in [0.15, 0.2) is 0 Å². The fourth-order valence-electron chi connectivity index (χ4n) is 0.198. The van der Waals surface area contributed by atoms with Gasteiger partial charge < -0.3 is 5.21 Å². The van der Waals surface area contributed by atoms with Gasteiger partial charge in [0.2, 0.25) is 0 Å². The first-order valence-corrected chi connectivity index (χ1v) is 2.00. The minimum absolute atomic E-state index is 0.441. The highest BCUT2D eigenvalue weighted by Gasteiger charge is 2.25. The zero-order valence-electron chi connectivity index (χ0n) is 4.00. The number of hydrogen-bond acceptors (Lipinski definition) is 2. The summed E-state index contributed by atoms with van der Waals surface area (Å²) in [7, 11) is 0. The molecule has 0 unspecified atom stereocenters. The van der Waals surface area contributed by atoms with E-state index in [4.69, 9.17) is 5.21 Å². The number of alkyl halides is 3. The van der Waals surface area contributed by atoms with Gasteiger partial charge in [0, 0.05) is 6.54 Å². The van der Waals surface area contributed by atoms with Crippen LogP contribution in [0.2, 0.25) is 0 Å². The molecule has 5 heteroatoms. The average Bonchev–Trinajstić information content (AvgIpc) is 1.59. The van der Waals surface area contributed by atoms with Gasteiger partial charge >= 0.3 is 6.18 Å². The second-order valence-electron chi connectivity index (χ2n) is 1.27. The van der Waals surface area contributed by atoms with Crippen molar-refractivity contribution in [3.05, 3.63) is 0 Å². The summed E-state index contributed by atoms with van der Waals surface area (Å²) in [5.41, 5.74) is 1.40. The predicted octanol–water partition coefficient (Wildman–Crippen LogP) is 0.918. The van der Waals surface area contributed by atoms with Crippen molar-refractivity contribution >= 4 is 0 Å². The molecule has 0 atom stereocenters. The van der Waals surface area contributed by atoms with Crippen LogP contribution in [0.5, 0.6) is 0 Å². The maximum Gasteiger partial charge on any atom is 0.390 e. The van der Waals surface area contributed by atoms with E-state index >= 15 is 0 Å². The maximum absolute atomic E-state index is 11.1. The van der Waals surface area contributed by atoms with Crippen molar-refractivity contribution in [3.8, 4) is 0 Å². The molecule has 2 N–H and O–H groups in total. The van der Waals surface area contributed by atoms with Crippen molar-refractivity contribution < 1.29 is 18.4 Å². The molecule has 0 aliphatic rings. The molecule has 0 radical (unpaired) electrons. The number of nitrogens with one attached hydrogen (secondary N) is 1. The van der Waals surface area contributed by atoms with Gasteiger partial charge in [0.1, 0.15) is 0 Å². The first kappa shape index (κ1) is 7.71. The van der Waals surface area contributed by atoms with Gasteiger partial charge in [0.05, 0.1) is 6.42 Å². The summed E-state index contributed by atoms with van der Waals surface area (Å²) in [6.45, 7) is -0.441. The number of rotatable bonds is 2. The van der Waals surface area contributed by atoms with Gasteiger partial charge in [-0.1, -0.05) is 0 Å². The van der Waals surface area contributed by atoms with Gasteiger partial charge in [-0.25, -0.2) is 5.48 Å². The van der Waals surface area contributed by atoms with Crippen molar-refractivity contribution in [3.63, 3.8) is 0 Å². The Balaban J connectivity index is 3.11. The lowest BCUT2D eigenvalue weighted by Crippen LogP contribution is -2.18. The van der Waals surface area contributed by atoms with E-state index in [1.54, 1.807) is 0 Å². The summed E-state index contributed by atoms with van der Waals surface area (Å²) in [6, 6.07) is 0. The standard InChI is InChI=1S/C3H6F3NO/c4-3(5,6)1-2-7-8/h7-8H,1-2H2. The van der Waals surface area contributed by atoms with Crippen LogP contribution < -0.4 is 5.48 Å². The van der Waals surface area contributed by atoms with Gasteiger partial charge in [-0.3, -0.25) is 0 Å². The van der Waals surface area contributed by atoms with E-state index in [2.05, 4.69) is 0 Å². The molecule has 8 heavy (non-hydrogen) atoms. The number of halogens is 3. The summed E-state index contributed by atoms with van der Waals surface area (Å²) in [5.74, 6) is 0. The number of hydrogen-bond donors (Lipinski definition) is 2. The lowest BCUT2D eigenvalue weighted by Gasteiger charge is -2.02. The van der Waals surface area contributed by atoms with Gasteiger partial charge in [-0.2, -0.15) is 13.2 Å². The van der Waals surface area contributed by atoms with Crippen molar-refractivity contribution in [2.75, 3.05) is 6.54 Å². The summed E-state index contributed by atoms with van der Waals surface area (Å²) >= 11 is 0. The molecule has 2 nitrogen and oxygen atoms in total. The SMILES string of the molecule is ONCCC(F)(F)F. The van der Waals surface area contributed by atoms with Crippen molar-refractivity contribution in [1.29, 1.82) is 0 Å². The molecule has 0 saturated heterocycles. The monoisotopic (exact) mass is 129 g/mol. The molecule has 0 aromatic rings. The highest BCUT2D eigenvalue weighted by Crippen LogP contribution is 2.17. The average molecular weight is 129 g/mol. The lowest BCUT2D eigenvalue weighted by atomic mass is 10.4. The molecular weight excluding hydrogens is 123 g/mol. The van der Waals surface area contributed by atoms with Crippen molar-refractivity contribution in [1.82, 2.24) is 5.48 Å². The Hall–Kier alpha value is -0.290. The van der Waals surface area contributed by atoms with Crippen LogP contribution >= 0.6 is 0 Å². The molecule has 0 rings (SSSR count). The molecule has 0 aliphatic heterocycles. The Morgan fingerprint density at radius 1 is 1.38 bits per heavy atom. The van der Waals surface area contributed by atoms with Crippen LogP contribution in [0.1, 0.15) is 6.42 Å². The molecule has 50 valence electrons. The van der Waals surface area contributed by atoms with E-state index in [1.165, 1.54) is 5.48 Å². The zero-order chi connectivity index (χ0) is 6.62. The topological polar surface area (TPSA) is 32.3 Å². The fourth-order valence-corrected chi connectivity index (χ4v) is 0.198. The molecule has 0 amide bonds. The van der Waals surface area contributed by atoms with E-state index < -0.39 is 19.1 Å². The molecule has 0 saturated carbocycles. The fraction of sp³-hybridized carbons (Fsp3) is 1.00. The van der Waals surface area contributed by atoms with Gasteiger partial charge in [-0.05, 0) is 0 Å². The van der Waals surface area contributed by atoms with E-state index in [9.17, 15) is 13.2 Å². The second kappa shape index (κ2) is 2.88. The van der Waals surface area contributed by atoms with Gasteiger partial charge in [0.25, 0.3) is 0 Å². The van der Waals surface area contributed by atoms with Crippen LogP contribution in [0.25, 0.3) is 0 Å². The minimum Gasteiger partial charge on any atom is -0.317 e. The van der Waals surface area contributed by atoms with Gasteiger partial charge in [-0.15, -0.1) is 0 Å². The van der Waals surface area contributed by atoms with E-state index in [-0.39, 0.29) is 0 Å². The first-order valence-electron chi connectivity index (χ1n) is 2.00. The molecule has 0 fully saturated rings. The smallest absolute Gasteiger partial charge is 0.317 e. The Kier molecular flexibility index (Phi) is 2.78. The molecule has 0 aromatic heterocycles. The molecule has 0 heterocycles. The highest BCUT2D eigenvalue weighted by molar-refractivity contribution is 4.48. The predicted molar refractivity (Wildman–Crippen MR) is 20.5 cm³/mol. The van der Waals surface area contributed by atoms with E-state index in [0.29, 0.717) is 0 Å². The first-order chi connectivity index (χ1) is 3.56. The third kappa shape index (κ3) is 5.71.